The molecule has 0 unspecified atom stereocenters. The van der Waals surface area contributed by atoms with Crippen LogP contribution >= 0.6 is 0 Å². The van der Waals surface area contributed by atoms with Crippen LogP contribution in [-0.2, 0) is 23.2 Å². The van der Waals surface area contributed by atoms with Gasteiger partial charge in [0.05, 0.1) is 11.5 Å². The summed E-state index contributed by atoms with van der Waals surface area (Å²) in [6, 6.07) is 9.99. The summed E-state index contributed by atoms with van der Waals surface area (Å²) in [6.45, 7) is -0.0897. The number of benzene rings is 2. The minimum Gasteiger partial charge on any atom is -0.399 e. The Morgan fingerprint density at radius 3 is 2.52 bits per heavy atom. The van der Waals surface area contributed by atoms with Gasteiger partial charge < -0.3 is 10.8 Å². The molecule has 0 aromatic heterocycles. The number of nitrogens with one attached hydrogen (secondary N) is 1. The fraction of sp³-hybridized carbons (Fsp3) is 0.143. The van der Waals surface area contributed by atoms with Gasteiger partial charge in [-0.05, 0) is 29.3 Å². The maximum atomic E-state index is 13.2. The Kier molecular flexibility index (Phi) is 4.56. The first-order valence-electron chi connectivity index (χ1n) is 6.15. The predicted molar refractivity (Wildman–Crippen MR) is 77.2 cm³/mol. The van der Waals surface area contributed by atoms with Crippen molar-refractivity contribution in [1.82, 2.24) is 4.72 Å². The third-order valence-electron chi connectivity index (χ3n) is 2.84. The lowest BCUT2D eigenvalue weighted by atomic mass is 10.1. The molecular weight excluding hydrogens is 295 g/mol. The van der Waals surface area contributed by atoms with Gasteiger partial charge in [-0.15, -0.1) is 0 Å². The maximum Gasteiger partial charge on any atom is 0.241 e. The highest BCUT2D eigenvalue weighted by Gasteiger charge is 2.15. The summed E-state index contributed by atoms with van der Waals surface area (Å²) >= 11 is 0. The van der Waals surface area contributed by atoms with Crippen molar-refractivity contribution in [2.24, 2.45) is 0 Å². The largest absolute Gasteiger partial charge is 0.399 e. The number of hydrogen-bond acceptors (Lipinski definition) is 4. The quantitative estimate of drug-likeness (QED) is 0.727. The van der Waals surface area contributed by atoms with Crippen molar-refractivity contribution < 1.29 is 17.9 Å². The second kappa shape index (κ2) is 6.21. The molecule has 112 valence electrons. The van der Waals surface area contributed by atoms with E-state index in [1.54, 1.807) is 24.3 Å². The van der Waals surface area contributed by atoms with Crippen LogP contribution in [0.15, 0.2) is 47.4 Å². The smallest absolute Gasteiger partial charge is 0.241 e. The minimum absolute atomic E-state index is 0.0343. The van der Waals surface area contributed by atoms with Crippen molar-refractivity contribution in [3.8, 4) is 0 Å². The number of aliphatic hydroxyl groups is 1. The zero-order valence-corrected chi connectivity index (χ0v) is 11.9. The zero-order valence-electron chi connectivity index (χ0n) is 11.1. The van der Waals surface area contributed by atoms with Gasteiger partial charge >= 0.3 is 0 Å². The number of nitrogen functional groups attached to an aromatic ring is 1. The SMILES string of the molecule is Nc1cc(F)cc(S(=O)(=O)NCc2cccc(CO)c2)c1. The molecule has 0 aliphatic heterocycles. The van der Waals surface area contributed by atoms with Crippen LogP contribution < -0.4 is 10.5 Å². The Morgan fingerprint density at radius 2 is 1.86 bits per heavy atom. The van der Waals surface area contributed by atoms with Crippen LogP contribution in [0, 0.1) is 5.82 Å². The van der Waals surface area contributed by atoms with Crippen LogP contribution in [0.25, 0.3) is 0 Å². The van der Waals surface area contributed by atoms with Gasteiger partial charge in [0.1, 0.15) is 5.82 Å². The van der Waals surface area contributed by atoms with Gasteiger partial charge in [-0.1, -0.05) is 24.3 Å². The molecule has 0 saturated heterocycles. The van der Waals surface area contributed by atoms with Gasteiger partial charge in [0.2, 0.25) is 10.0 Å². The average molecular weight is 310 g/mol. The van der Waals surface area contributed by atoms with Crippen LogP contribution in [-0.4, -0.2) is 13.5 Å². The Hall–Kier alpha value is -1.96. The summed E-state index contributed by atoms with van der Waals surface area (Å²) in [5.41, 5.74) is 6.85. The van der Waals surface area contributed by atoms with Gasteiger partial charge in [-0.25, -0.2) is 17.5 Å². The van der Waals surface area contributed by atoms with E-state index in [9.17, 15) is 12.8 Å². The second-order valence-electron chi connectivity index (χ2n) is 4.52. The molecule has 2 aromatic rings. The fourth-order valence-corrected chi connectivity index (χ4v) is 2.92. The molecule has 0 saturated carbocycles. The molecule has 0 amide bonds. The molecule has 2 rings (SSSR count). The third-order valence-corrected chi connectivity index (χ3v) is 4.22. The highest BCUT2D eigenvalue weighted by Crippen LogP contribution is 2.16. The second-order valence-corrected chi connectivity index (χ2v) is 6.29. The lowest BCUT2D eigenvalue weighted by Gasteiger charge is -2.08. The number of sulfonamides is 1. The van der Waals surface area contributed by atoms with Crippen LogP contribution in [0.5, 0.6) is 0 Å². The predicted octanol–water partition coefficient (Wildman–Crippen LogP) is 1.38. The Balaban J connectivity index is 2.17. The highest BCUT2D eigenvalue weighted by atomic mass is 32.2. The molecule has 0 aliphatic rings. The van der Waals surface area contributed by atoms with Gasteiger partial charge in [-0.2, -0.15) is 0 Å². The number of hydrogen-bond donors (Lipinski definition) is 3. The first kappa shape index (κ1) is 15.4. The van der Waals surface area contributed by atoms with E-state index in [2.05, 4.69) is 4.72 Å². The monoisotopic (exact) mass is 310 g/mol. The van der Waals surface area contributed by atoms with Crippen molar-refractivity contribution in [2.75, 3.05) is 5.73 Å². The molecular formula is C14H15FN2O3S. The number of anilines is 1. The molecule has 0 spiro atoms. The van der Waals surface area contributed by atoms with E-state index in [-0.39, 0.29) is 23.7 Å². The van der Waals surface area contributed by atoms with E-state index in [4.69, 9.17) is 10.8 Å². The van der Waals surface area contributed by atoms with E-state index in [0.717, 1.165) is 12.1 Å². The molecule has 0 fully saturated rings. The van der Waals surface area contributed by atoms with Crippen molar-refractivity contribution >= 4 is 15.7 Å². The normalized spacial score (nSPS) is 11.5. The summed E-state index contributed by atoms with van der Waals surface area (Å²) in [5.74, 6) is -0.711. The van der Waals surface area contributed by atoms with Gasteiger partial charge in [-0.3, -0.25) is 0 Å². The number of halogens is 1. The molecule has 4 N–H and O–H groups in total. The lowest BCUT2D eigenvalue weighted by Crippen LogP contribution is -2.23. The summed E-state index contributed by atoms with van der Waals surface area (Å²) in [5, 5.41) is 9.03. The van der Waals surface area contributed by atoms with Crippen LogP contribution in [0.2, 0.25) is 0 Å². The first-order valence-corrected chi connectivity index (χ1v) is 7.63. The van der Waals surface area contributed by atoms with E-state index < -0.39 is 15.8 Å². The van der Waals surface area contributed by atoms with Crippen molar-refractivity contribution in [1.29, 1.82) is 0 Å². The summed E-state index contributed by atoms with van der Waals surface area (Å²) in [7, 11) is -3.86. The topological polar surface area (TPSA) is 92.4 Å². The first-order chi connectivity index (χ1) is 9.90. The average Bonchev–Trinajstić information content (AvgIpc) is 2.44. The Morgan fingerprint density at radius 1 is 1.14 bits per heavy atom. The van der Waals surface area contributed by atoms with E-state index in [1.165, 1.54) is 6.07 Å². The highest BCUT2D eigenvalue weighted by molar-refractivity contribution is 7.89. The van der Waals surface area contributed by atoms with E-state index in [1.807, 2.05) is 0 Å². The summed E-state index contributed by atoms with van der Waals surface area (Å²) < 4.78 is 39.7. The van der Waals surface area contributed by atoms with Crippen LogP contribution in [0.3, 0.4) is 0 Å². The third kappa shape index (κ3) is 4.01. The fourth-order valence-electron chi connectivity index (χ4n) is 1.84. The Labute approximate surface area is 122 Å². The molecule has 2 aromatic carbocycles. The molecule has 0 bridgehead atoms. The van der Waals surface area contributed by atoms with Gasteiger partial charge in [0.25, 0.3) is 0 Å². The molecule has 0 aliphatic carbocycles. The molecule has 21 heavy (non-hydrogen) atoms. The summed E-state index contributed by atoms with van der Waals surface area (Å²) in [6.07, 6.45) is 0. The molecule has 5 nitrogen and oxygen atoms in total. The number of nitrogens with two attached hydrogens (primary N) is 1. The van der Waals surface area contributed by atoms with E-state index in [0.29, 0.717) is 11.1 Å². The Bertz CT molecular complexity index is 727. The maximum absolute atomic E-state index is 13.2. The molecule has 7 heteroatoms. The molecule has 0 atom stereocenters. The van der Waals surface area contributed by atoms with Crippen LogP contribution in [0.1, 0.15) is 11.1 Å². The molecule has 0 radical (unpaired) electrons. The number of rotatable bonds is 5. The lowest BCUT2D eigenvalue weighted by molar-refractivity contribution is 0.281. The van der Waals surface area contributed by atoms with Crippen LogP contribution in [0.4, 0.5) is 10.1 Å². The summed E-state index contributed by atoms with van der Waals surface area (Å²) in [4.78, 5) is -0.224. The van der Waals surface area contributed by atoms with Crippen molar-refractivity contribution in [3.05, 3.63) is 59.4 Å². The zero-order chi connectivity index (χ0) is 15.5. The standard InChI is InChI=1S/C14H15FN2O3S/c15-12-5-13(16)7-14(6-12)21(19,20)17-8-10-2-1-3-11(4-10)9-18/h1-7,17-18H,8-9,16H2. The van der Waals surface area contributed by atoms with Gasteiger partial charge in [0, 0.05) is 12.2 Å². The minimum atomic E-state index is -3.86. The van der Waals surface area contributed by atoms with Crippen molar-refractivity contribution in [2.45, 2.75) is 18.0 Å². The van der Waals surface area contributed by atoms with E-state index >= 15 is 0 Å². The van der Waals surface area contributed by atoms with Crippen molar-refractivity contribution in [3.63, 3.8) is 0 Å². The van der Waals surface area contributed by atoms with Gasteiger partial charge in [0.15, 0.2) is 0 Å². The molecule has 0 heterocycles. The number of aliphatic hydroxyl groups excluding tert-OH is 1.